The molecule has 23 heavy (non-hydrogen) atoms. The molecule has 0 bridgehead atoms. The number of anilines is 1. The first kappa shape index (κ1) is 17.2. The molecule has 0 unspecified atom stereocenters. The third kappa shape index (κ3) is 4.19. The molecule has 9 heteroatoms. The SMILES string of the molecule is CCCn1c(S[C@H](C)C(=O)Nc2ccc(F)cc2F)n[nH]c1=O. The molecule has 1 heterocycles. The summed E-state index contributed by atoms with van der Waals surface area (Å²) < 4.78 is 27.8. The molecule has 0 radical (unpaired) electrons. The second-order valence-electron chi connectivity index (χ2n) is 4.84. The lowest BCUT2D eigenvalue weighted by Gasteiger charge is -2.12. The quantitative estimate of drug-likeness (QED) is 0.790. The van der Waals surface area contributed by atoms with Gasteiger partial charge < -0.3 is 5.32 Å². The summed E-state index contributed by atoms with van der Waals surface area (Å²) in [6.45, 7) is 4.01. The van der Waals surface area contributed by atoms with Crippen LogP contribution in [0.2, 0.25) is 0 Å². The molecule has 1 atom stereocenters. The Bertz CT molecular complexity index is 759. The molecule has 6 nitrogen and oxygen atoms in total. The zero-order chi connectivity index (χ0) is 17.0. The number of H-pyrrole nitrogens is 1. The molecule has 0 spiro atoms. The van der Waals surface area contributed by atoms with Crippen LogP contribution in [0.15, 0.2) is 28.2 Å². The maximum Gasteiger partial charge on any atom is 0.343 e. The number of benzene rings is 1. The first-order chi connectivity index (χ1) is 10.9. The Morgan fingerprint density at radius 3 is 2.87 bits per heavy atom. The summed E-state index contributed by atoms with van der Waals surface area (Å²) in [6.07, 6.45) is 0.744. The molecule has 0 aliphatic heterocycles. The molecule has 2 rings (SSSR count). The van der Waals surface area contributed by atoms with Crippen LogP contribution in [-0.2, 0) is 11.3 Å². The zero-order valence-corrected chi connectivity index (χ0v) is 13.4. The summed E-state index contributed by atoms with van der Waals surface area (Å²) >= 11 is 1.08. The van der Waals surface area contributed by atoms with E-state index in [-0.39, 0.29) is 11.4 Å². The zero-order valence-electron chi connectivity index (χ0n) is 12.6. The number of carbonyl (C=O) groups excluding carboxylic acids is 1. The molecule has 0 saturated carbocycles. The molecule has 0 saturated heterocycles. The molecule has 1 amide bonds. The summed E-state index contributed by atoms with van der Waals surface area (Å²) in [5, 5.41) is 8.37. The van der Waals surface area contributed by atoms with Crippen LogP contribution in [0.1, 0.15) is 20.3 Å². The van der Waals surface area contributed by atoms with Crippen LogP contribution in [0.25, 0.3) is 0 Å². The van der Waals surface area contributed by atoms with E-state index in [1.807, 2.05) is 6.92 Å². The highest BCUT2D eigenvalue weighted by molar-refractivity contribution is 8.00. The van der Waals surface area contributed by atoms with E-state index in [1.54, 1.807) is 6.92 Å². The highest BCUT2D eigenvalue weighted by atomic mass is 32.2. The fraction of sp³-hybridized carbons (Fsp3) is 0.357. The molecule has 2 aromatic rings. The van der Waals surface area contributed by atoms with Crippen molar-refractivity contribution in [3.63, 3.8) is 0 Å². The summed E-state index contributed by atoms with van der Waals surface area (Å²) in [5.41, 5.74) is -0.441. The third-order valence-corrected chi connectivity index (χ3v) is 4.10. The summed E-state index contributed by atoms with van der Waals surface area (Å²) in [5.74, 6) is -2.04. The monoisotopic (exact) mass is 342 g/mol. The van der Waals surface area contributed by atoms with Gasteiger partial charge in [-0.1, -0.05) is 18.7 Å². The summed E-state index contributed by atoms with van der Waals surface area (Å²) in [6, 6.07) is 2.91. The van der Waals surface area contributed by atoms with Crippen LogP contribution in [-0.4, -0.2) is 25.9 Å². The summed E-state index contributed by atoms with van der Waals surface area (Å²) in [4.78, 5) is 23.7. The van der Waals surface area contributed by atoms with Crippen molar-refractivity contribution in [2.45, 2.75) is 37.2 Å². The molecule has 0 aliphatic carbocycles. The van der Waals surface area contributed by atoms with Gasteiger partial charge in [-0.05, 0) is 25.5 Å². The van der Waals surface area contributed by atoms with Crippen molar-refractivity contribution in [1.29, 1.82) is 0 Å². The second-order valence-corrected chi connectivity index (χ2v) is 6.14. The van der Waals surface area contributed by atoms with E-state index in [0.717, 1.165) is 30.3 Å². The average Bonchev–Trinajstić information content (AvgIpc) is 2.83. The number of aromatic nitrogens is 3. The molecular formula is C14H16F2N4O2S. The molecule has 1 aromatic heterocycles. The van der Waals surface area contributed by atoms with E-state index < -0.39 is 22.8 Å². The van der Waals surface area contributed by atoms with Crippen molar-refractivity contribution in [2.24, 2.45) is 0 Å². The van der Waals surface area contributed by atoms with Gasteiger partial charge in [-0.3, -0.25) is 9.36 Å². The van der Waals surface area contributed by atoms with Crippen molar-refractivity contribution in [3.05, 3.63) is 40.3 Å². The Morgan fingerprint density at radius 1 is 1.48 bits per heavy atom. The minimum absolute atomic E-state index is 0.100. The number of carbonyl (C=O) groups is 1. The van der Waals surface area contributed by atoms with Crippen LogP contribution in [0, 0.1) is 11.6 Å². The first-order valence-electron chi connectivity index (χ1n) is 7.00. The fourth-order valence-electron chi connectivity index (χ4n) is 1.85. The van der Waals surface area contributed by atoms with Gasteiger partial charge in [0.25, 0.3) is 0 Å². The Morgan fingerprint density at radius 2 is 2.22 bits per heavy atom. The number of thioether (sulfide) groups is 1. The Kier molecular flexibility index (Phi) is 5.54. The van der Waals surface area contributed by atoms with Crippen LogP contribution in [0.3, 0.4) is 0 Å². The van der Waals surface area contributed by atoms with Gasteiger partial charge in [0.2, 0.25) is 5.91 Å². The van der Waals surface area contributed by atoms with Gasteiger partial charge in [-0.2, -0.15) is 0 Å². The van der Waals surface area contributed by atoms with E-state index in [4.69, 9.17) is 0 Å². The lowest BCUT2D eigenvalue weighted by Crippen LogP contribution is -2.24. The number of nitrogens with zero attached hydrogens (tertiary/aromatic N) is 2. The number of nitrogens with one attached hydrogen (secondary N) is 2. The van der Waals surface area contributed by atoms with Crippen molar-refractivity contribution in [3.8, 4) is 0 Å². The Balaban J connectivity index is 2.07. The van der Waals surface area contributed by atoms with Crippen LogP contribution < -0.4 is 11.0 Å². The van der Waals surface area contributed by atoms with Crippen molar-refractivity contribution in [1.82, 2.24) is 14.8 Å². The third-order valence-electron chi connectivity index (χ3n) is 3.01. The standard InChI is InChI=1S/C14H16F2N4O2S/c1-3-6-20-13(22)18-19-14(20)23-8(2)12(21)17-11-5-4-9(15)7-10(11)16/h4-5,7-8H,3,6H2,1-2H3,(H,17,21)(H,18,22)/t8-/m1/s1. The van der Waals surface area contributed by atoms with Crippen LogP contribution in [0.4, 0.5) is 14.5 Å². The van der Waals surface area contributed by atoms with Gasteiger partial charge >= 0.3 is 5.69 Å². The Labute approximate surface area is 135 Å². The maximum atomic E-state index is 13.5. The summed E-state index contributed by atoms with van der Waals surface area (Å²) in [7, 11) is 0. The number of hydrogen-bond acceptors (Lipinski definition) is 4. The van der Waals surface area contributed by atoms with Crippen LogP contribution >= 0.6 is 11.8 Å². The molecule has 0 aliphatic rings. The number of rotatable bonds is 6. The number of amides is 1. The topological polar surface area (TPSA) is 79.8 Å². The average molecular weight is 342 g/mol. The van der Waals surface area contributed by atoms with Gasteiger partial charge in [0.15, 0.2) is 5.16 Å². The van der Waals surface area contributed by atoms with E-state index >= 15 is 0 Å². The van der Waals surface area contributed by atoms with Gasteiger partial charge in [0.05, 0.1) is 10.9 Å². The number of halogens is 2. The smallest absolute Gasteiger partial charge is 0.323 e. The molecule has 2 N–H and O–H groups in total. The second kappa shape index (κ2) is 7.40. The number of hydrogen-bond donors (Lipinski definition) is 2. The number of aromatic amines is 1. The normalized spacial score (nSPS) is 12.2. The Hall–Kier alpha value is -2.16. The largest absolute Gasteiger partial charge is 0.343 e. The highest BCUT2D eigenvalue weighted by Crippen LogP contribution is 2.22. The van der Waals surface area contributed by atoms with E-state index in [1.165, 1.54) is 4.57 Å². The predicted octanol–water partition coefficient (Wildman–Crippen LogP) is 2.38. The lowest BCUT2D eigenvalue weighted by atomic mass is 10.3. The van der Waals surface area contributed by atoms with Gasteiger partial charge in [-0.25, -0.2) is 18.7 Å². The van der Waals surface area contributed by atoms with Gasteiger partial charge in [0.1, 0.15) is 11.6 Å². The molecular weight excluding hydrogens is 326 g/mol. The van der Waals surface area contributed by atoms with Crippen molar-refractivity contribution >= 4 is 23.4 Å². The predicted molar refractivity (Wildman–Crippen MR) is 83.4 cm³/mol. The van der Waals surface area contributed by atoms with Crippen molar-refractivity contribution in [2.75, 3.05) is 5.32 Å². The molecule has 1 aromatic carbocycles. The highest BCUT2D eigenvalue weighted by Gasteiger charge is 2.20. The van der Waals surface area contributed by atoms with E-state index in [2.05, 4.69) is 15.5 Å². The minimum atomic E-state index is -0.849. The molecule has 0 fully saturated rings. The minimum Gasteiger partial charge on any atom is -0.323 e. The van der Waals surface area contributed by atoms with Crippen LogP contribution in [0.5, 0.6) is 0 Å². The maximum absolute atomic E-state index is 13.5. The van der Waals surface area contributed by atoms with Crippen molar-refractivity contribution < 1.29 is 13.6 Å². The van der Waals surface area contributed by atoms with E-state index in [0.29, 0.717) is 17.8 Å². The van der Waals surface area contributed by atoms with E-state index in [9.17, 15) is 18.4 Å². The fourth-order valence-corrected chi connectivity index (χ4v) is 2.73. The van der Waals surface area contributed by atoms with Gasteiger partial charge in [-0.15, -0.1) is 5.10 Å². The lowest BCUT2D eigenvalue weighted by molar-refractivity contribution is -0.115. The first-order valence-corrected chi connectivity index (χ1v) is 7.88. The molecule has 124 valence electrons. The van der Waals surface area contributed by atoms with Gasteiger partial charge in [0, 0.05) is 12.6 Å².